The van der Waals surface area contributed by atoms with Crippen molar-refractivity contribution in [3.8, 4) is 17.1 Å². The summed E-state index contributed by atoms with van der Waals surface area (Å²) in [6, 6.07) is 14.8. The highest BCUT2D eigenvalue weighted by atomic mass is 19.1. The first-order valence-electron chi connectivity index (χ1n) is 8.74. The van der Waals surface area contributed by atoms with E-state index in [4.69, 9.17) is 14.0 Å². The van der Waals surface area contributed by atoms with Crippen LogP contribution in [0.1, 0.15) is 16.1 Å². The predicted octanol–water partition coefficient (Wildman–Crippen LogP) is 3.78. The van der Waals surface area contributed by atoms with Crippen LogP contribution >= 0.6 is 0 Å². The van der Waals surface area contributed by atoms with Gasteiger partial charge in [0.15, 0.2) is 5.76 Å². The third kappa shape index (κ3) is 4.75. The minimum atomic E-state index is -0.458. The van der Waals surface area contributed by atoms with E-state index in [1.165, 1.54) is 18.2 Å². The second-order valence-corrected chi connectivity index (χ2v) is 6.14. The van der Waals surface area contributed by atoms with Crippen molar-refractivity contribution in [2.24, 2.45) is 0 Å². The molecule has 0 spiro atoms. The molecule has 0 bridgehead atoms. The van der Waals surface area contributed by atoms with E-state index in [1.54, 1.807) is 31.3 Å². The van der Waals surface area contributed by atoms with E-state index >= 15 is 0 Å². The van der Waals surface area contributed by atoms with Crippen molar-refractivity contribution >= 4 is 5.91 Å². The number of benzene rings is 2. The van der Waals surface area contributed by atoms with Crippen molar-refractivity contribution in [2.45, 2.75) is 6.54 Å². The predicted molar refractivity (Wildman–Crippen MR) is 102 cm³/mol. The van der Waals surface area contributed by atoms with Crippen LogP contribution in [-0.2, 0) is 11.3 Å². The summed E-state index contributed by atoms with van der Waals surface area (Å²) in [5.74, 6) is 0.573. The van der Waals surface area contributed by atoms with Gasteiger partial charge in [0.25, 0.3) is 5.91 Å². The smallest absolute Gasteiger partial charge is 0.254 e. The van der Waals surface area contributed by atoms with Gasteiger partial charge in [0.1, 0.15) is 17.3 Å². The lowest BCUT2D eigenvalue weighted by atomic mass is 10.1. The first kappa shape index (κ1) is 19.6. The van der Waals surface area contributed by atoms with Gasteiger partial charge < -0.3 is 18.9 Å². The molecule has 0 unspecified atom stereocenters. The zero-order chi connectivity index (χ0) is 19.9. The van der Waals surface area contributed by atoms with Crippen LogP contribution in [-0.4, -0.2) is 43.3 Å². The van der Waals surface area contributed by atoms with Gasteiger partial charge in [0.05, 0.1) is 20.3 Å². The van der Waals surface area contributed by atoms with E-state index in [1.807, 2.05) is 24.3 Å². The maximum Gasteiger partial charge on any atom is 0.254 e. The standard InChI is InChI=1S/C21H21FN2O4/c1-26-11-10-24(21(25)16-4-3-5-17(22)12-16)14-18-13-20(28-23-18)15-6-8-19(27-2)9-7-15/h3-9,12-13H,10-11,14H2,1-2H3. The Morgan fingerprint density at radius 3 is 2.61 bits per heavy atom. The highest BCUT2D eigenvalue weighted by Gasteiger charge is 2.19. The van der Waals surface area contributed by atoms with E-state index in [-0.39, 0.29) is 18.0 Å². The van der Waals surface area contributed by atoms with Crippen LogP contribution in [0.15, 0.2) is 59.1 Å². The Hall–Kier alpha value is -3.19. The van der Waals surface area contributed by atoms with Crippen molar-refractivity contribution < 1.29 is 23.2 Å². The van der Waals surface area contributed by atoms with Gasteiger partial charge in [-0.2, -0.15) is 0 Å². The molecule has 0 saturated carbocycles. The monoisotopic (exact) mass is 384 g/mol. The number of rotatable bonds is 8. The number of carbonyl (C=O) groups excluding carboxylic acids is 1. The molecule has 1 heterocycles. The molecule has 2 aromatic carbocycles. The summed E-state index contributed by atoms with van der Waals surface area (Å²) in [4.78, 5) is 14.3. The van der Waals surface area contributed by atoms with E-state index in [2.05, 4.69) is 5.16 Å². The fraction of sp³-hybridized carbons (Fsp3) is 0.238. The number of aromatic nitrogens is 1. The Balaban J connectivity index is 1.77. The van der Waals surface area contributed by atoms with Crippen molar-refractivity contribution in [2.75, 3.05) is 27.4 Å². The molecule has 0 atom stereocenters. The molecular formula is C21H21FN2O4. The van der Waals surface area contributed by atoms with Crippen LogP contribution in [0.3, 0.4) is 0 Å². The van der Waals surface area contributed by atoms with E-state index in [9.17, 15) is 9.18 Å². The zero-order valence-corrected chi connectivity index (χ0v) is 15.7. The summed E-state index contributed by atoms with van der Waals surface area (Å²) in [5, 5.41) is 4.06. The van der Waals surface area contributed by atoms with Crippen molar-refractivity contribution in [3.63, 3.8) is 0 Å². The lowest BCUT2D eigenvalue weighted by Crippen LogP contribution is -2.33. The fourth-order valence-corrected chi connectivity index (χ4v) is 2.73. The Bertz CT molecular complexity index is 924. The van der Waals surface area contributed by atoms with Gasteiger partial charge in [-0.1, -0.05) is 11.2 Å². The van der Waals surface area contributed by atoms with Gasteiger partial charge in [0.2, 0.25) is 0 Å². The molecule has 0 radical (unpaired) electrons. The Morgan fingerprint density at radius 2 is 1.93 bits per heavy atom. The normalized spacial score (nSPS) is 10.7. The minimum Gasteiger partial charge on any atom is -0.497 e. The lowest BCUT2D eigenvalue weighted by molar-refractivity contribution is 0.0675. The molecular weight excluding hydrogens is 363 g/mol. The second kappa shape index (κ2) is 9.14. The number of halogens is 1. The molecule has 146 valence electrons. The lowest BCUT2D eigenvalue weighted by Gasteiger charge is -2.21. The summed E-state index contributed by atoms with van der Waals surface area (Å²) in [6.07, 6.45) is 0. The number of amides is 1. The van der Waals surface area contributed by atoms with Crippen molar-refractivity contribution in [1.82, 2.24) is 10.1 Å². The molecule has 0 aliphatic rings. The maximum absolute atomic E-state index is 13.5. The highest BCUT2D eigenvalue weighted by molar-refractivity contribution is 5.94. The van der Waals surface area contributed by atoms with Gasteiger partial charge in [-0.05, 0) is 42.5 Å². The molecule has 1 amide bonds. The molecule has 6 nitrogen and oxygen atoms in total. The molecule has 0 aliphatic heterocycles. The molecule has 7 heteroatoms. The van der Waals surface area contributed by atoms with Crippen LogP contribution in [0.4, 0.5) is 4.39 Å². The number of methoxy groups -OCH3 is 2. The number of hydrogen-bond donors (Lipinski definition) is 0. The van der Waals surface area contributed by atoms with Gasteiger partial charge in [-0.3, -0.25) is 4.79 Å². The Kier molecular flexibility index (Phi) is 6.39. The van der Waals surface area contributed by atoms with Crippen LogP contribution in [0.25, 0.3) is 11.3 Å². The largest absolute Gasteiger partial charge is 0.497 e. The maximum atomic E-state index is 13.5. The van der Waals surface area contributed by atoms with Crippen LogP contribution in [0, 0.1) is 5.82 Å². The molecule has 0 aliphatic carbocycles. The van der Waals surface area contributed by atoms with Crippen LogP contribution < -0.4 is 4.74 Å². The molecule has 0 fully saturated rings. The SMILES string of the molecule is COCCN(Cc1cc(-c2ccc(OC)cc2)on1)C(=O)c1cccc(F)c1. The quantitative estimate of drug-likeness (QED) is 0.591. The summed E-state index contributed by atoms with van der Waals surface area (Å²) in [6.45, 7) is 0.916. The van der Waals surface area contributed by atoms with Crippen LogP contribution in [0.5, 0.6) is 5.75 Å². The fourth-order valence-electron chi connectivity index (χ4n) is 2.73. The van der Waals surface area contributed by atoms with Gasteiger partial charge >= 0.3 is 0 Å². The average molecular weight is 384 g/mol. The summed E-state index contributed by atoms with van der Waals surface area (Å²) >= 11 is 0. The molecule has 1 aromatic heterocycles. The first-order chi connectivity index (χ1) is 13.6. The topological polar surface area (TPSA) is 64.8 Å². The third-order valence-corrected chi connectivity index (χ3v) is 4.21. The zero-order valence-electron chi connectivity index (χ0n) is 15.7. The van der Waals surface area contributed by atoms with Crippen LogP contribution in [0.2, 0.25) is 0 Å². The molecule has 3 rings (SSSR count). The van der Waals surface area contributed by atoms with E-state index < -0.39 is 5.82 Å². The number of ether oxygens (including phenoxy) is 2. The number of nitrogens with zero attached hydrogens (tertiary/aromatic N) is 2. The second-order valence-electron chi connectivity index (χ2n) is 6.14. The number of carbonyl (C=O) groups is 1. The summed E-state index contributed by atoms with van der Waals surface area (Å²) in [7, 11) is 3.16. The highest BCUT2D eigenvalue weighted by Crippen LogP contribution is 2.23. The Morgan fingerprint density at radius 1 is 1.14 bits per heavy atom. The molecule has 3 aromatic rings. The molecule has 0 N–H and O–H groups in total. The Labute approximate surface area is 162 Å². The van der Waals surface area contributed by atoms with Gasteiger partial charge in [0, 0.05) is 30.8 Å². The summed E-state index contributed by atoms with van der Waals surface area (Å²) in [5.41, 5.74) is 1.71. The summed E-state index contributed by atoms with van der Waals surface area (Å²) < 4.78 is 29.1. The van der Waals surface area contributed by atoms with Gasteiger partial charge in [-0.15, -0.1) is 0 Å². The molecule has 28 heavy (non-hydrogen) atoms. The van der Waals surface area contributed by atoms with Gasteiger partial charge in [-0.25, -0.2) is 4.39 Å². The molecule has 0 saturated heterocycles. The third-order valence-electron chi connectivity index (χ3n) is 4.21. The van der Waals surface area contributed by atoms with E-state index in [0.717, 1.165) is 11.3 Å². The average Bonchev–Trinajstić information content (AvgIpc) is 3.19. The van der Waals surface area contributed by atoms with Crippen molar-refractivity contribution in [1.29, 1.82) is 0 Å². The van der Waals surface area contributed by atoms with E-state index in [0.29, 0.717) is 24.6 Å². The first-order valence-corrected chi connectivity index (χ1v) is 8.74. The van der Waals surface area contributed by atoms with Crippen molar-refractivity contribution in [3.05, 3.63) is 71.7 Å². The number of hydrogen-bond acceptors (Lipinski definition) is 5. The minimum absolute atomic E-state index is 0.221.